The Kier molecular flexibility index (Phi) is 7.16. The molecule has 1 amide bonds. The molecule has 7 nitrogen and oxygen atoms in total. The molecule has 0 aliphatic carbocycles. The molecule has 0 fully saturated rings. The molecule has 0 unspecified atom stereocenters. The first kappa shape index (κ1) is 24.1. The number of carbonyl (C=O) groups is 1. The Bertz CT molecular complexity index is 1320. The highest BCUT2D eigenvalue weighted by Gasteiger charge is 2.22. The van der Waals surface area contributed by atoms with Gasteiger partial charge in [0.1, 0.15) is 23.1 Å². The van der Waals surface area contributed by atoms with E-state index in [2.05, 4.69) is 21.6 Å². The van der Waals surface area contributed by atoms with Crippen molar-refractivity contribution in [2.75, 3.05) is 5.32 Å². The Morgan fingerprint density at radius 2 is 1.71 bits per heavy atom. The molecule has 0 bridgehead atoms. The zero-order valence-electron chi connectivity index (χ0n) is 18.7. The number of carbonyl (C=O) groups excluding carboxylic acids is 1. The number of nitrogens with one attached hydrogen (secondary N) is 1. The third-order valence-electron chi connectivity index (χ3n) is 5.11. The molecule has 0 atom stereocenters. The molecule has 4 rings (SSSR count). The number of nitrogens with zero attached hydrogens (tertiary/aromatic N) is 3. The fraction of sp³-hybridized carbons (Fsp3) is 0.208. The number of hydrogen-bond acceptors (Lipinski definition) is 5. The molecule has 4 aromatic rings. The van der Waals surface area contributed by atoms with Gasteiger partial charge in [-0.1, -0.05) is 52.1 Å². The monoisotopic (exact) mass is 518 g/mol. The van der Waals surface area contributed by atoms with Gasteiger partial charge in [-0.3, -0.25) is 9.48 Å². The van der Waals surface area contributed by atoms with E-state index in [0.29, 0.717) is 32.7 Å². The fourth-order valence-electron chi connectivity index (χ4n) is 3.49. The molecular weight excluding hydrogens is 499 g/mol. The number of aromatic nitrogens is 3. The highest BCUT2D eigenvalue weighted by molar-refractivity contribution is 6.36. The van der Waals surface area contributed by atoms with E-state index in [1.54, 1.807) is 36.0 Å². The summed E-state index contributed by atoms with van der Waals surface area (Å²) in [7, 11) is 0. The summed E-state index contributed by atoms with van der Waals surface area (Å²) in [4.78, 5) is 13.0. The molecule has 2 aromatic carbocycles. The summed E-state index contributed by atoms with van der Waals surface area (Å²) < 4.78 is 12.7. The van der Waals surface area contributed by atoms with Crippen LogP contribution in [0.1, 0.15) is 38.5 Å². The average Bonchev–Trinajstić information content (AvgIpc) is 3.30. The Labute approximate surface area is 211 Å². The van der Waals surface area contributed by atoms with E-state index in [4.69, 9.17) is 44.1 Å². The van der Waals surface area contributed by atoms with Gasteiger partial charge in [-0.25, -0.2) is 0 Å². The Hall–Kier alpha value is -3.00. The van der Waals surface area contributed by atoms with Crippen LogP contribution in [0.15, 0.2) is 47.1 Å². The number of benzene rings is 2. The minimum atomic E-state index is -0.515. The molecule has 0 saturated carbocycles. The van der Waals surface area contributed by atoms with Crippen LogP contribution in [-0.2, 0) is 13.2 Å². The number of amides is 1. The van der Waals surface area contributed by atoms with E-state index in [9.17, 15) is 4.79 Å². The molecular formula is C24H21Cl3N4O3. The lowest BCUT2D eigenvalue weighted by atomic mass is 10.1. The van der Waals surface area contributed by atoms with Crippen LogP contribution in [0.25, 0.3) is 0 Å². The van der Waals surface area contributed by atoms with E-state index in [-0.39, 0.29) is 29.7 Å². The van der Waals surface area contributed by atoms with Crippen LogP contribution in [0.2, 0.25) is 15.1 Å². The third-order valence-corrected chi connectivity index (χ3v) is 6.09. The maximum atomic E-state index is 13.0. The smallest absolute Gasteiger partial charge is 0.279 e. The molecule has 176 valence electrons. The molecule has 0 radical (unpaired) electrons. The third kappa shape index (κ3) is 5.38. The van der Waals surface area contributed by atoms with Crippen molar-refractivity contribution in [2.45, 2.75) is 33.9 Å². The second-order valence-electron chi connectivity index (χ2n) is 7.86. The molecule has 0 aliphatic heterocycles. The van der Waals surface area contributed by atoms with Gasteiger partial charge in [0.15, 0.2) is 11.5 Å². The van der Waals surface area contributed by atoms with Gasteiger partial charge in [-0.15, -0.1) is 0 Å². The Morgan fingerprint density at radius 1 is 1.03 bits per heavy atom. The predicted octanol–water partition coefficient (Wildman–Crippen LogP) is 6.64. The van der Waals surface area contributed by atoms with E-state index in [1.165, 1.54) is 0 Å². The SMILES string of the molecule is Cc1cc(C)cc(OCc2c(C(=O)Nc3nn(Cc4c(Cl)cccc4Cl)cc3Cl)noc2C)c1. The lowest BCUT2D eigenvalue weighted by molar-refractivity contribution is 0.101. The summed E-state index contributed by atoms with van der Waals surface area (Å²) >= 11 is 18.8. The summed E-state index contributed by atoms with van der Waals surface area (Å²) in [6, 6.07) is 11.1. The first-order chi connectivity index (χ1) is 16.2. The molecule has 0 spiro atoms. The summed E-state index contributed by atoms with van der Waals surface area (Å²) in [6.45, 7) is 6.11. The van der Waals surface area contributed by atoms with Crippen molar-refractivity contribution >= 4 is 46.5 Å². The lowest BCUT2D eigenvalue weighted by Gasteiger charge is -2.09. The van der Waals surface area contributed by atoms with Crippen LogP contribution in [0, 0.1) is 20.8 Å². The molecule has 2 heterocycles. The maximum Gasteiger partial charge on any atom is 0.279 e. The average molecular weight is 520 g/mol. The quantitative estimate of drug-likeness (QED) is 0.296. The highest BCUT2D eigenvalue weighted by atomic mass is 35.5. The van der Waals surface area contributed by atoms with Crippen LogP contribution in [0.3, 0.4) is 0 Å². The van der Waals surface area contributed by atoms with Crippen LogP contribution in [0.5, 0.6) is 5.75 Å². The van der Waals surface area contributed by atoms with Crippen molar-refractivity contribution in [3.8, 4) is 5.75 Å². The maximum absolute atomic E-state index is 13.0. The van der Waals surface area contributed by atoms with Crippen LogP contribution < -0.4 is 10.1 Å². The summed E-state index contributed by atoms with van der Waals surface area (Å²) in [5.74, 6) is 0.847. The van der Waals surface area contributed by atoms with Crippen molar-refractivity contribution in [3.63, 3.8) is 0 Å². The number of hydrogen-bond donors (Lipinski definition) is 1. The van der Waals surface area contributed by atoms with E-state index in [0.717, 1.165) is 11.1 Å². The van der Waals surface area contributed by atoms with Gasteiger partial charge < -0.3 is 14.6 Å². The fourth-order valence-corrected chi connectivity index (χ4v) is 4.20. The normalized spacial score (nSPS) is 11.0. The molecule has 2 aromatic heterocycles. The van der Waals surface area contributed by atoms with Gasteiger partial charge in [0.2, 0.25) is 0 Å². The first-order valence-electron chi connectivity index (χ1n) is 10.3. The van der Waals surface area contributed by atoms with Crippen molar-refractivity contribution in [3.05, 3.63) is 91.4 Å². The standard InChI is InChI=1S/C24H21Cl3N4O3/c1-13-7-14(2)9-16(8-13)33-12-18-15(3)34-30-22(18)24(32)28-23-21(27)11-31(29-23)10-17-19(25)5-4-6-20(17)26/h4-9,11H,10,12H2,1-3H3,(H,28,29,32). The lowest BCUT2D eigenvalue weighted by Crippen LogP contribution is -2.16. The van der Waals surface area contributed by atoms with Gasteiger partial charge in [-0.2, -0.15) is 5.10 Å². The van der Waals surface area contributed by atoms with E-state index < -0.39 is 5.91 Å². The molecule has 0 saturated heterocycles. The van der Waals surface area contributed by atoms with Gasteiger partial charge in [0, 0.05) is 21.8 Å². The van der Waals surface area contributed by atoms with Crippen LogP contribution in [-0.4, -0.2) is 20.8 Å². The zero-order chi connectivity index (χ0) is 24.4. The van der Waals surface area contributed by atoms with Gasteiger partial charge in [0.05, 0.1) is 12.1 Å². The molecule has 1 N–H and O–H groups in total. The van der Waals surface area contributed by atoms with Gasteiger partial charge >= 0.3 is 0 Å². The van der Waals surface area contributed by atoms with Gasteiger partial charge in [0.25, 0.3) is 5.91 Å². The highest BCUT2D eigenvalue weighted by Crippen LogP contribution is 2.27. The van der Waals surface area contributed by atoms with Crippen molar-refractivity contribution in [1.29, 1.82) is 0 Å². The molecule has 0 aliphatic rings. The second-order valence-corrected chi connectivity index (χ2v) is 9.08. The number of aryl methyl sites for hydroxylation is 3. The summed E-state index contributed by atoms with van der Waals surface area (Å²) in [5, 5.41) is 12.2. The van der Waals surface area contributed by atoms with Crippen LogP contribution in [0.4, 0.5) is 5.82 Å². The summed E-state index contributed by atoms with van der Waals surface area (Å²) in [5.41, 5.74) is 3.49. The molecule has 10 heteroatoms. The first-order valence-corrected chi connectivity index (χ1v) is 11.5. The van der Waals surface area contributed by atoms with Gasteiger partial charge in [-0.05, 0) is 56.2 Å². The van der Waals surface area contributed by atoms with Crippen molar-refractivity contribution in [1.82, 2.24) is 14.9 Å². The second kappa shape index (κ2) is 10.1. The van der Waals surface area contributed by atoms with E-state index in [1.807, 2.05) is 26.0 Å². The number of rotatable bonds is 7. The Balaban J connectivity index is 1.49. The summed E-state index contributed by atoms with van der Waals surface area (Å²) in [6.07, 6.45) is 1.58. The minimum absolute atomic E-state index is 0.0987. The van der Waals surface area contributed by atoms with Crippen molar-refractivity contribution < 1.29 is 14.1 Å². The predicted molar refractivity (Wildman–Crippen MR) is 132 cm³/mol. The zero-order valence-corrected chi connectivity index (χ0v) is 20.9. The van der Waals surface area contributed by atoms with Crippen LogP contribution >= 0.6 is 34.8 Å². The topological polar surface area (TPSA) is 82.2 Å². The van der Waals surface area contributed by atoms with E-state index >= 15 is 0 Å². The minimum Gasteiger partial charge on any atom is -0.489 e. The number of anilines is 1. The Morgan fingerprint density at radius 3 is 2.38 bits per heavy atom. The van der Waals surface area contributed by atoms with Crippen molar-refractivity contribution in [2.24, 2.45) is 0 Å². The molecule has 34 heavy (non-hydrogen) atoms. The number of halogens is 3. The largest absolute Gasteiger partial charge is 0.489 e. The number of ether oxygens (including phenoxy) is 1.